The first-order valence-electron chi connectivity index (χ1n) is 3.90. The Balaban J connectivity index is 2.78. The number of aliphatic hydroxyl groups excluding tert-OH is 3. The average Bonchev–Trinajstić information content (AvgIpc) is 2.63. The highest BCUT2D eigenvalue weighted by Gasteiger charge is 2.24. The van der Waals surface area contributed by atoms with Crippen molar-refractivity contribution in [2.24, 2.45) is 5.73 Å². The van der Waals surface area contributed by atoms with Crippen molar-refractivity contribution in [2.75, 3.05) is 0 Å². The molecule has 0 fully saturated rings. The highest BCUT2D eigenvalue weighted by molar-refractivity contribution is 7.10. The lowest BCUT2D eigenvalue weighted by Crippen LogP contribution is -2.33. The van der Waals surface area contributed by atoms with Gasteiger partial charge in [0.25, 0.3) is 0 Å². The van der Waals surface area contributed by atoms with Crippen LogP contribution in [-0.2, 0) is 11.4 Å². The molecule has 0 radical (unpaired) electrons. The van der Waals surface area contributed by atoms with E-state index in [0.29, 0.717) is 10.4 Å². The number of carbonyl (C=O) groups is 1. The first-order chi connectivity index (χ1) is 6.56. The number of primary amides is 1. The summed E-state index contributed by atoms with van der Waals surface area (Å²) in [7, 11) is 0. The second-order valence-corrected chi connectivity index (χ2v) is 3.79. The Bertz CT molecular complexity index is 325. The van der Waals surface area contributed by atoms with Gasteiger partial charge >= 0.3 is 0 Å². The zero-order valence-electron chi connectivity index (χ0n) is 7.25. The van der Waals surface area contributed by atoms with Gasteiger partial charge in [0, 0.05) is 4.88 Å². The van der Waals surface area contributed by atoms with Gasteiger partial charge in [0.05, 0.1) is 6.61 Å². The molecule has 0 saturated heterocycles. The Hall–Kier alpha value is -0.950. The molecule has 0 aliphatic rings. The largest absolute Gasteiger partial charge is 0.391 e. The molecular formula is C8H11NO4S. The maximum absolute atomic E-state index is 10.6. The Morgan fingerprint density at radius 2 is 2.21 bits per heavy atom. The minimum atomic E-state index is -1.61. The third kappa shape index (κ3) is 2.30. The summed E-state index contributed by atoms with van der Waals surface area (Å²) < 4.78 is 0. The zero-order valence-corrected chi connectivity index (χ0v) is 8.07. The van der Waals surface area contributed by atoms with Gasteiger partial charge in [-0.1, -0.05) is 0 Å². The van der Waals surface area contributed by atoms with Gasteiger partial charge in [0.15, 0.2) is 6.10 Å². The lowest BCUT2D eigenvalue weighted by molar-refractivity contribution is -0.131. The van der Waals surface area contributed by atoms with E-state index in [1.54, 1.807) is 5.38 Å². The summed E-state index contributed by atoms with van der Waals surface area (Å²) in [5.74, 6) is -0.978. The second kappa shape index (κ2) is 4.52. The van der Waals surface area contributed by atoms with Gasteiger partial charge in [-0.25, -0.2) is 0 Å². The molecule has 2 atom stereocenters. The van der Waals surface area contributed by atoms with Gasteiger partial charge in [-0.3, -0.25) is 4.79 Å². The Morgan fingerprint density at radius 3 is 2.64 bits per heavy atom. The topological polar surface area (TPSA) is 104 Å². The third-order valence-corrected chi connectivity index (χ3v) is 2.70. The predicted octanol–water partition coefficient (Wildman–Crippen LogP) is -0.880. The van der Waals surface area contributed by atoms with Crippen LogP contribution in [0.4, 0.5) is 0 Å². The van der Waals surface area contributed by atoms with E-state index in [1.165, 1.54) is 17.4 Å². The summed E-state index contributed by atoms with van der Waals surface area (Å²) in [6.45, 7) is -0.135. The summed E-state index contributed by atoms with van der Waals surface area (Å²) in [5, 5.41) is 28.9. The van der Waals surface area contributed by atoms with E-state index < -0.39 is 18.1 Å². The number of aliphatic hydroxyl groups is 3. The minimum Gasteiger partial charge on any atom is -0.391 e. The van der Waals surface area contributed by atoms with Crippen LogP contribution in [0.25, 0.3) is 0 Å². The Kier molecular flexibility index (Phi) is 3.59. The van der Waals surface area contributed by atoms with E-state index in [2.05, 4.69) is 0 Å². The number of amides is 1. The maximum atomic E-state index is 10.6. The van der Waals surface area contributed by atoms with Crippen molar-refractivity contribution in [1.82, 2.24) is 0 Å². The molecule has 0 aliphatic carbocycles. The summed E-state index contributed by atoms with van der Waals surface area (Å²) in [6, 6.07) is 1.52. The number of rotatable bonds is 4. The van der Waals surface area contributed by atoms with E-state index in [9.17, 15) is 9.90 Å². The molecule has 1 aromatic rings. The molecule has 6 heteroatoms. The van der Waals surface area contributed by atoms with E-state index in [1.807, 2.05) is 0 Å². The molecule has 0 saturated carbocycles. The normalized spacial score (nSPS) is 15.1. The molecule has 5 N–H and O–H groups in total. The molecule has 0 spiro atoms. The van der Waals surface area contributed by atoms with Crippen molar-refractivity contribution < 1.29 is 20.1 Å². The smallest absolute Gasteiger partial charge is 0.249 e. The van der Waals surface area contributed by atoms with Crippen LogP contribution in [0.2, 0.25) is 0 Å². The molecule has 1 rings (SSSR count). The molecular weight excluding hydrogens is 206 g/mol. The molecule has 1 aromatic heterocycles. The average molecular weight is 217 g/mol. The van der Waals surface area contributed by atoms with Gasteiger partial charge in [0.1, 0.15) is 6.10 Å². The molecule has 14 heavy (non-hydrogen) atoms. The summed E-state index contributed by atoms with van der Waals surface area (Å²) >= 11 is 1.23. The molecule has 1 heterocycles. The molecule has 1 amide bonds. The van der Waals surface area contributed by atoms with Gasteiger partial charge in [-0.05, 0) is 17.0 Å². The Morgan fingerprint density at radius 1 is 1.57 bits per heavy atom. The maximum Gasteiger partial charge on any atom is 0.249 e. The fourth-order valence-electron chi connectivity index (χ4n) is 0.974. The molecule has 0 aromatic carbocycles. The van der Waals surface area contributed by atoms with Crippen molar-refractivity contribution >= 4 is 17.2 Å². The van der Waals surface area contributed by atoms with Gasteiger partial charge in [-0.2, -0.15) is 0 Å². The SMILES string of the molecule is NC(=O)C(O)C(O)c1csc(CO)c1. The third-order valence-electron chi connectivity index (χ3n) is 1.76. The Labute approximate surface area is 84.4 Å². The quantitative estimate of drug-likeness (QED) is 0.525. The minimum absolute atomic E-state index is 0.135. The van der Waals surface area contributed by atoms with Crippen molar-refractivity contribution in [1.29, 1.82) is 0 Å². The number of nitrogens with two attached hydrogens (primary N) is 1. The van der Waals surface area contributed by atoms with Crippen molar-refractivity contribution in [2.45, 2.75) is 18.8 Å². The molecule has 78 valence electrons. The summed E-state index contributed by atoms with van der Waals surface area (Å²) in [6.07, 6.45) is -2.94. The van der Waals surface area contributed by atoms with Crippen LogP contribution in [0.5, 0.6) is 0 Å². The number of hydrogen-bond acceptors (Lipinski definition) is 5. The van der Waals surface area contributed by atoms with Crippen LogP contribution >= 0.6 is 11.3 Å². The lowest BCUT2D eigenvalue weighted by atomic mass is 10.1. The standard InChI is InChI=1S/C8H11NO4S/c9-8(13)7(12)6(11)4-1-5(2-10)14-3-4/h1,3,6-7,10-12H,2H2,(H2,9,13). The van der Waals surface area contributed by atoms with E-state index >= 15 is 0 Å². The molecule has 0 aliphatic heterocycles. The van der Waals surface area contributed by atoms with Gasteiger partial charge in [-0.15, -0.1) is 11.3 Å². The van der Waals surface area contributed by atoms with Gasteiger partial charge in [0.2, 0.25) is 5.91 Å². The van der Waals surface area contributed by atoms with Crippen molar-refractivity contribution in [3.05, 3.63) is 21.9 Å². The number of carbonyl (C=O) groups excluding carboxylic acids is 1. The number of hydrogen-bond donors (Lipinski definition) is 4. The van der Waals surface area contributed by atoms with Crippen LogP contribution in [0.15, 0.2) is 11.4 Å². The lowest BCUT2D eigenvalue weighted by Gasteiger charge is -2.12. The fraction of sp³-hybridized carbons (Fsp3) is 0.375. The van der Waals surface area contributed by atoms with Crippen LogP contribution < -0.4 is 5.73 Å². The van der Waals surface area contributed by atoms with E-state index in [-0.39, 0.29) is 6.61 Å². The highest BCUT2D eigenvalue weighted by Crippen LogP contribution is 2.23. The van der Waals surface area contributed by atoms with Crippen molar-refractivity contribution in [3.8, 4) is 0 Å². The zero-order chi connectivity index (χ0) is 10.7. The van der Waals surface area contributed by atoms with Crippen LogP contribution in [0, 0.1) is 0 Å². The molecule has 5 nitrogen and oxygen atoms in total. The molecule has 0 bridgehead atoms. The van der Waals surface area contributed by atoms with Crippen molar-refractivity contribution in [3.63, 3.8) is 0 Å². The predicted molar refractivity (Wildman–Crippen MR) is 50.4 cm³/mol. The highest BCUT2D eigenvalue weighted by atomic mass is 32.1. The summed E-state index contributed by atoms with van der Waals surface area (Å²) in [4.78, 5) is 11.2. The monoisotopic (exact) mass is 217 g/mol. The van der Waals surface area contributed by atoms with E-state index in [0.717, 1.165) is 0 Å². The van der Waals surface area contributed by atoms with Crippen LogP contribution in [-0.4, -0.2) is 27.3 Å². The molecule has 2 unspecified atom stereocenters. The van der Waals surface area contributed by atoms with Crippen LogP contribution in [0.3, 0.4) is 0 Å². The van der Waals surface area contributed by atoms with Gasteiger partial charge < -0.3 is 21.1 Å². The van der Waals surface area contributed by atoms with E-state index in [4.69, 9.17) is 15.9 Å². The number of thiophene rings is 1. The van der Waals surface area contributed by atoms with Crippen LogP contribution in [0.1, 0.15) is 16.5 Å². The first-order valence-corrected chi connectivity index (χ1v) is 4.78. The second-order valence-electron chi connectivity index (χ2n) is 2.80. The fourth-order valence-corrected chi connectivity index (χ4v) is 1.75. The first kappa shape index (κ1) is 11.1. The summed E-state index contributed by atoms with van der Waals surface area (Å²) in [5.41, 5.74) is 5.20.